The van der Waals surface area contributed by atoms with Gasteiger partial charge in [-0.2, -0.15) is 4.31 Å². The molecule has 2 heterocycles. The molecular weight excluding hydrogens is 430 g/mol. The van der Waals surface area contributed by atoms with Crippen LogP contribution in [0.3, 0.4) is 0 Å². The number of rotatable bonds is 9. The van der Waals surface area contributed by atoms with Gasteiger partial charge in [0, 0.05) is 31.0 Å². The molecule has 9 heteroatoms. The highest BCUT2D eigenvalue weighted by Crippen LogP contribution is 2.31. The third-order valence-electron chi connectivity index (χ3n) is 5.92. The second-order valence-corrected chi connectivity index (χ2v) is 9.76. The average Bonchev–Trinajstić information content (AvgIpc) is 3.28. The lowest BCUT2D eigenvalue weighted by Crippen LogP contribution is -2.30. The van der Waals surface area contributed by atoms with Crippen LogP contribution in [-0.2, 0) is 21.2 Å². The fourth-order valence-corrected chi connectivity index (χ4v) is 5.78. The SMILES string of the molecule is CCOC(=O)c1c(C)[nH]c(C(=O)CN2CCc3cc(S(=O)(=O)N(CC)CC)ccc32)c1C. The molecule has 32 heavy (non-hydrogen) atoms. The van der Waals surface area contributed by atoms with Gasteiger partial charge in [0.15, 0.2) is 5.78 Å². The standard InChI is InChI=1S/C23H31N3O5S/c1-6-26(7-2)32(29,30)18-9-10-19-17(13-18)11-12-25(19)14-20(27)22-15(4)21(16(5)24-22)23(28)31-8-3/h9-10,13,24H,6-8,11-12,14H2,1-5H3. The molecule has 0 atom stereocenters. The van der Waals surface area contributed by atoms with Crippen LogP contribution in [0.15, 0.2) is 23.1 Å². The molecule has 0 fully saturated rings. The van der Waals surface area contributed by atoms with Crippen LogP contribution in [0.4, 0.5) is 5.69 Å². The molecule has 2 aromatic rings. The van der Waals surface area contributed by atoms with Crippen molar-refractivity contribution in [1.82, 2.24) is 9.29 Å². The first-order valence-corrected chi connectivity index (χ1v) is 12.4. The number of ether oxygens (including phenoxy) is 1. The number of H-pyrrole nitrogens is 1. The van der Waals surface area contributed by atoms with Crippen molar-refractivity contribution in [3.63, 3.8) is 0 Å². The van der Waals surface area contributed by atoms with E-state index in [0.717, 1.165) is 11.3 Å². The minimum atomic E-state index is -3.53. The molecule has 3 rings (SSSR count). The maximum absolute atomic E-state index is 13.0. The average molecular weight is 462 g/mol. The minimum Gasteiger partial charge on any atom is -0.462 e. The number of Topliss-reactive ketones (excluding diaryl/α,β-unsaturated/α-hetero) is 1. The topological polar surface area (TPSA) is 99.8 Å². The summed E-state index contributed by atoms with van der Waals surface area (Å²) in [4.78, 5) is 30.5. The van der Waals surface area contributed by atoms with Crippen LogP contribution in [0.1, 0.15) is 58.4 Å². The summed E-state index contributed by atoms with van der Waals surface area (Å²) in [5.74, 6) is -0.569. The van der Waals surface area contributed by atoms with Crippen LogP contribution >= 0.6 is 0 Å². The van der Waals surface area contributed by atoms with Crippen LogP contribution in [0.25, 0.3) is 0 Å². The number of esters is 1. The number of hydrogen-bond donors (Lipinski definition) is 1. The van der Waals surface area contributed by atoms with Crippen molar-refractivity contribution in [3.05, 3.63) is 46.3 Å². The molecule has 0 radical (unpaired) electrons. The molecule has 1 aromatic heterocycles. The Labute approximate surface area is 189 Å². The van der Waals surface area contributed by atoms with E-state index in [9.17, 15) is 18.0 Å². The molecule has 0 amide bonds. The van der Waals surface area contributed by atoms with Crippen molar-refractivity contribution in [3.8, 4) is 0 Å². The van der Waals surface area contributed by atoms with Crippen LogP contribution in [0.5, 0.6) is 0 Å². The fourth-order valence-electron chi connectivity index (χ4n) is 4.27. The van der Waals surface area contributed by atoms with Gasteiger partial charge in [0.05, 0.1) is 29.3 Å². The van der Waals surface area contributed by atoms with Crippen molar-refractivity contribution in [2.75, 3.05) is 37.7 Å². The molecule has 1 aromatic carbocycles. The Morgan fingerprint density at radius 1 is 1.16 bits per heavy atom. The van der Waals surface area contributed by atoms with E-state index in [1.165, 1.54) is 4.31 Å². The first-order valence-electron chi connectivity index (χ1n) is 10.9. The van der Waals surface area contributed by atoms with E-state index < -0.39 is 16.0 Å². The smallest absolute Gasteiger partial charge is 0.340 e. The van der Waals surface area contributed by atoms with Gasteiger partial charge in [-0.3, -0.25) is 4.79 Å². The summed E-state index contributed by atoms with van der Waals surface area (Å²) >= 11 is 0. The minimum absolute atomic E-state index is 0.131. The summed E-state index contributed by atoms with van der Waals surface area (Å²) in [6.07, 6.45) is 0.668. The van der Waals surface area contributed by atoms with Gasteiger partial charge >= 0.3 is 5.97 Å². The molecule has 0 spiro atoms. The number of benzene rings is 1. The van der Waals surface area contributed by atoms with Gasteiger partial charge in [-0.25, -0.2) is 13.2 Å². The fraction of sp³-hybridized carbons (Fsp3) is 0.478. The highest BCUT2D eigenvalue weighted by Gasteiger charge is 2.28. The molecule has 1 aliphatic heterocycles. The monoisotopic (exact) mass is 461 g/mol. The molecule has 0 saturated carbocycles. The van der Waals surface area contributed by atoms with Gasteiger partial charge in [-0.15, -0.1) is 0 Å². The van der Waals surface area contributed by atoms with Crippen molar-refractivity contribution in [2.45, 2.75) is 45.9 Å². The summed E-state index contributed by atoms with van der Waals surface area (Å²) in [5.41, 5.74) is 3.78. The lowest BCUT2D eigenvalue weighted by molar-refractivity contribution is 0.0525. The van der Waals surface area contributed by atoms with Gasteiger partial charge < -0.3 is 14.6 Å². The zero-order valence-electron chi connectivity index (χ0n) is 19.3. The highest BCUT2D eigenvalue weighted by molar-refractivity contribution is 7.89. The first-order chi connectivity index (χ1) is 15.1. The lowest BCUT2D eigenvalue weighted by atomic mass is 10.1. The van der Waals surface area contributed by atoms with E-state index >= 15 is 0 Å². The van der Waals surface area contributed by atoms with E-state index in [2.05, 4.69) is 4.98 Å². The number of nitrogens with zero attached hydrogens (tertiary/aromatic N) is 2. The van der Waals surface area contributed by atoms with Crippen LogP contribution < -0.4 is 4.90 Å². The predicted molar refractivity (Wildman–Crippen MR) is 123 cm³/mol. The Balaban J connectivity index is 1.82. The van der Waals surface area contributed by atoms with E-state index in [0.29, 0.717) is 48.6 Å². The Morgan fingerprint density at radius 2 is 1.84 bits per heavy atom. The Bertz CT molecular complexity index is 1130. The quantitative estimate of drug-likeness (QED) is 0.455. The summed E-state index contributed by atoms with van der Waals surface area (Å²) in [7, 11) is -3.53. The number of hydrogen-bond acceptors (Lipinski definition) is 6. The summed E-state index contributed by atoms with van der Waals surface area (Å²) in [5, 5.41) is 0. The second kappa shape index (κ2) is 9.46. The molecule has 0 unspecified atom stereocenters. The number of aryl methyl sites for hydroxylation is 1. The number of aromatic amines is 1. The Hall–Kier alpha value is -2.65. The summed E-state index contributed by atoms with van der Waals surface area (Å²) in [6.45, 7) is 10.7. The lowest BCUT2D eigenvalue weighted by Gasteiger charge is -2.20. The van der Waals surface area contributed by atoms with Gasteiger partial charge in [-0.1, -0.05) is 13.8 Å². The van der Waals surface area contributed by atoms with Crippen LogP contribution in [-0.4, -0.2) is 62.2 Å². The second-order valence-electron chi connectivity index (χ2n) is 7.82. The van der Waals surface area contributed by atoms with Gasteiger partial charge in [-0.05, 0) is 56.5 Å². The Kier molecular flexibility index (Phi) is 7.09. The summed E-state index contributed by atoms with van der Waals surface area (Å²) in [6, 6.07) is 5.11. The van der Waals surface area contributed by atoms with Gasteiger partial charge in [0.25, 0.3) is 0 Å². The van der Waals surface area contributed by atoms with E-state index in [-0.39, 0.29) is 23.8 Å². The number of nitrogens with one attached hydrogen (secondary N) is 1. The number of carbonyl (C=O) groups is 2. The van der Waals surface area contributed by atoms with Crippen molar-refractivity contribution < 1.29 is 22.7 Å². The Morgan fingerprint density at radius 3 is 2.47 bits per heavy atom. The first kappa shape index (κ1) is 24.0. The van der Waals surface area contributed by atoms with E-state index in [1.807, 2.05) is 18.7 Å². The maximum atomic E-state index is 13.0. The molecule has 8 nitrogen and oxygen atoms in total. The molecule has 1 aliphatic rings. The molecular formula is C23H31N3O5S. The zero-order valence-corrected chi connectivity index (χ0v) is 20.1. The number of sulfonamides is 1. The maximum Gasteiger partial charge on any atom is 0.340 e. The number of fused-ring (bicyclic) bond motifs is 1. The normalized spacial score (nSPS) is 13.5. The van der Waals surface area contributed by atoms with Crippen molar-refractivity contribution >= 4 is 27.5 Å². The molecule has 0 saturated heterocycles. The number of carbonyl (C=O) groups excluding carboxylic acids is 2. The number of aromatic nitrogens is 1. The summed E-state index contributed by atoms with van der Waals surface area (Å²) < 4.78 is 32.2. The number of ketones is 1. The third-order valence-corrected chi connectivity index (χ3v) is 7.96. The third kappa shape index (κ3) is 4.31. The van der Waals surface area contributed by atoms with Gasteiger partial charge in [0.2, 0.25) is 10.0 Å². The van der Waals surface area contributed by atoms with Crippen molar-refractivity contribution in [2.24, 2.45) is 0 Å². The predicted octanol–water partition coefficient (Wildman–Crippen LogP) is 3.08. The van der Waals surface area contributed by atoms with Crippen LogP contribution in [0, 0.1) is 13.8 Å². The molecule has 0 bridgehead atoms. The van der Waals surface area contributed by atoms with Gasteiger partial charge in [0.1, 0.15) is 0 Å². The molecule has 174 valence electrons. The van der Waals surface area contributed by atoms with E-state index in [4.69, 9.17) is 4.74 Å². The largest absolute Gasteiger partial charge is 0.462 e. The molecule has 0 aliphatic carbocycles. The highest BCUT2D eigenvalue weighted by atomic mass is 32.2. The number of anilines is 1. The van der Waals surface area contributed by atoms with Crippen molar-refractivity contribution in [1.29, 1.82) is 0 Å². The van der Waals surface area contributed by atoms with E-state index in [1.54, 1.807) is 39.0 Å². The van der Waals surface area contributed by atoms with Crippen LogP contribution in [0.2, 0.25) is 0 Å². The zero-order chi connectivity index (χ0) is 23.6. The molecule has 1 N–H and O–H groups in total.